The van der Waals surface area contributed by atoms with E-state index < -0.39 is 5.97 Å². The largest absolute Gasteiger partial charge is 0.545 e. The van der Waals surface area contributed by atoms with E-state index in [1.807, 2.05) is 0 Å². The summed E-state index contributed by atoms with van der Waals surface area (Å²) in [5.74, 6) is -1.07. The van der Waals surface area contributed by atoms with Crippen LogP contribution >= 0.6 is 0 Å². The van der Waals surface area contributed by atoms with Crippen LogP contribution < -0.4 is 5.11 Å². The summed E-state index contributed by atoms with van der Waals surface area (Å²) in [5, 5.41) is 10.3. The normalized spacial score (nSPS) is 13.2. The monoisotopic (exact) mass is 171 g/mol. The maximum Gasteiger partial charge on any atom is 0.0815 e. The first-order valence-electron chi connectivity index (χ1n) is 4.01. The Morgan fingerprint density at radius 1 is 1.42 bits per heavy atom. The van der Waals surface area contributed by atoms with Gasteiger partial charge in [0.2, 0.25) is 0 Å². The summed E-state index contributed by atoms with van der Waals surface area (Å²) < 4.78 is 0.844. The molecule has 0 N–H and O–H groups in total. The van der Waals surface area contributed by atoms with Crippen LogP contribution in [0.4, 0.5) is 0 Å². The second-order valence-corrected chi connectivity index (χ2v) is 3.98. The van der Waals surface area contributed by atoms with Crippen molar-refractivity contribution in [3.05, 3.63) is 11.6 Å². The summed E-state index contributed by atoms with van der Waals surface area (Å²) in [6.07, 6.45) is 2.49. The maximum atomic E-state index is 10.3. The third-order valence-corrected chi connectivity index (χ3v) is 1.57. The number of hydrogen-bond donors (Lipinski definition) is 0. The third kappa shape index (κ3) is 5.92. The number of nitrogens with zero attached hydrogens (tertiary/aromatic N) is 1. The molecule has 70 valence electrons. The zero-order valence-corrected chi connectivity index (χ0v) is 8.26. The number of carbonyl (C=O) groups is 1. The van der Waals surface area contributed by atoms with Gasteiger partial charge in [-0.2, -0.15) is 0 Å². The van der Waals surface area contributed by atoms with Gasteiger partial charge in [0.15, 0.2) is 0 Å². The fourth-order valence-corrected chi connectivity index (χ4v) is 0.752. The Kier molecular flexibility index (Phi) is 3.96. The first-order valence-corrected chi connectivity index (χ1v) is 4.01. The Hall–Kier alpha value is -0.830. The van der Waals surface area contributed by atoms with Crippen molar-refractivity contribution in [3.63, 3.8) is 0 Å². The van der Waals surface area contributed by atoms with Gasteiger partial charge in [-0.3, -0.25) is 0 Å². The molecule has 0 heterocycles. The Bertz CT molecular complexity index is 189. The highest BCUT2D eigenvalue weighted by Gasteiger charge is 2.03. The number of quaternary nitrogens is 1. The average molecular weight is 171 g/mol. The van der Waals surface area contributed by atoms with Crippen molar-refractivity contribution < 1.29 is 14.4 Å². The lowest BCUT2D eigenvalue weighted by Crippen LogP contribution is -2.35. The van der Waals surface area contributed by atoms with E-state index in [9.17, 15) is 9.90 Å². The van der Waals surface area contributed by atoms with Crippen molar-refractivity contribution in [1.82, 2.24) is 0 Å². The van der Waals surface area contributed by atoms with Crippen LogP contribution in [0.3, 0.4) is 0 Å². The molecule has 3 heteroatoms. The van der Waals surface area contributed by atoms with Crippen molar-refractivity contribution in [3.8, 4) is 0 Å². The first kappa shape index (κ1) is 11.2. The van der Waals surface area contributed by atoms with Gasteiger partial charge in [0.1, 0.15) is 0 Å². The average Bonchev–Trinajstić information content (AvgIpc) is 1.84. The van der Waals surface area contributed by atoms with Gasteiger partial charge >= 0.3 is 0 Å². The van der Waals surface area contributed by atoms with Crippen molar-refractivity contribution in [2.24, 2.45) is 0 Å². The van der Waals surface area contributed by atoms with E-state index in [0.29, 0.717) is 5.57 Å². The van der Waals surface area contributed by atoms with Gasteiger partial charge in [0, 0.05) is 6.42 Å². The van der Waals surface area contributed by atoms with Gasteiger partial charge in [0.05, 0.1) is 33.7 Å². The van der Waals surface area contributed by atoms with E-state index in [0.717, 1.165) is 17.4 Å². The minimum atomic E-state index is -1.07. The fourth-order valence-electron chi connectivity index (χ4n) is 0.752. The van der Waals surface area contributed by atoms with E-state index in [2.05, 4.69) is 21.1 Å². The fraction of sp³-hybridized carbons (Fsp3) is 0.667. The summed E-state index contributed by atoms with van der Waals surface area (Å²) in [6, 6.07) is 0. The molecule has 0 aromatic carbocycles. The van der Waals surface area contributed by atoms with Gasteiger partial charge in [-0.1, -0.05) is 6.08 Å². The lowest BCUT2D eigenvalue weighted by atomic mass is 10.2. The lowest BCUT2D eigenvalue weighted by molar-refractivity contribution is -0.869. The molecule has 0 saturated heterocycles. The molecule has 0 spiro atoms. The number of carboxylic acid groups (broad SMARTS) is 1. The molecule has 0 atom stereocenters. The Morgan fingerprint density at radius 2 is 1.92 bits per heavy atom. The van der Waals surface area contributed by atoms with Crippen LogP contribution in [0.15, 0.2) is 11.6 Å². The van der Waals surface area contributed by atoms with Gasteiger partial charge in [-0.15, -0.1) is 0 Å². The first-order chi connectivity index (χ1) is 5.33. The topological polar surface area (TPSA) is 40.1 Å². The molecule has 0 rings (SSSR count). The zero-order valence-electron chi connectivity index (χ0n) is 8.26. The van der Waals surface area contributed by atoms with Crippen LogP contribution in [0.5, 0.6) is 0 Å². The second kappa shape index (κ2) is 4.26. The predicted octanol–water partition coefficient (Wildman–Crippen LogP) is -0.221. The molecule has 0 aliphatic heterocycles. The van der Waals surface area contributed by atoms with E-state index in [1.165, 1.54) is 0 Å². The summed E-state index contributed by atoms with van der Waals surface area (Å²) in [5.41, 5.74) is 0.323. The van der Waals surface area contributed by atoms with Crippen LogP contribution in [0.2, 0.25) is 0 Å². The van der Waals surface area contributed by atoms with Crippen LogP contribution in [-0.4, -0.2) is 38.1 Å². The van der Waals surface area contributed by atoms with Gasteiger partial charge in [-0.25, -0.2) is 0 Å². The summed E-state index contributed by atoms with van der Waals surface area (Å²) in [4.78, 5) is 10.3. The van der Waals surface area contributed by atoms with E-state index in [4.69, 9.17) is 0 Å². The molecule has 0 bridgehead atoms. The predicted molar refractivity (Wildman–Crippen MR) is 46.3 cm³/mol. The molecule has 0 aromatic heterocycles. The highest BCUT2D eigenvalue weighted by Crippen LogP contribution is 1.98. The Morgan fingerprint density at radius 3 is 2.25 bits per heavy atom. The molecule has 12 heavy (non-hydrogen) atoms. The molecule has 0 unspecified atom stereocenters. The number of aliphatic carboxylic acids is 1. The SMILES string of the molecule is CC(=CCC[N+](C)(C)C)C(=O)[O-]. The molecule has 0 aliphatic carbocycles. The Balaban J connectivity index is 3.83. The summed E-state index contributed by atoms with van der Waals surface area (Å²) >= 11 is 0. The van der Waals surface area contributed by atoms with E-state index in [-0.39, 0.29) is 0 Å². The maximum absolute atomic E-state index is 10.3. The van der Waals surface area contributed by atoms with Gasteiger partial charge < -0.3 is 14.4 Å². The van der Waals surface area contributed by atoms with Crippen molar-refractivity contribution in [1.29, 1.82) is 0 Å². The lowest BCUT2D eigenvalue weighted by Gasteiger charge is -2.23. The smallest absolute Gasteiger partial charge is 0.0815 e. The minimum Gasteiger partial charge on any atom is -0.545 e. The molecule has 0 radical (unpaired) electrons. The number of carboxylic acids is 1. The molecule has 0 aromatic rings. The van der Waals surface area contributed by atoms with Crippen LogP contribution in [-0.2, 0) is 4.79 Å². The van der Waals surface area contributed by atoms with Crippen molar-refractivity contribution in [2.45, 2.75) is 13.3 Å². The van der Waals surface area contributed by atoms with Gasteiger partial charge in [0.25, 0.3) is 0 Å². The van der Waals surface area contributed by atoms with E-state index >= 15 is 0 Å². The third-order valence-electron chi connectivity index (χ3n) is 1.57. The van der Waals surface area contributed by atoms with Crippen LogP contribution in [0, 0.1) is 0 Å². The molecule has 0 aliphatic rings. The van der Waals surface area contributed by atoms with Crippen LogP contribution in [0.25, 0.3) is 0 Å². The molecular formula is C9H17NO2. The van der Waals surface area contributed by atoms with E-state index in [1.54, 1.807) is 13.0 Å². The molecule has 0 amide bonds. The summed E-state index contributed by atoms with van der Waals surface area (Å²) in [7, 11) is 6.21. The Labute approximate surface area is 73.9 Å². The number of rotatable bonds is 4. The molecule has 0 fully saturated rings. The summed E-state index contributed by atoms with van der Waals surface area (Å²) in [6.45, 7) is 2.50. The minimum absolute atomic E-state index is 0.323. The van der Waals surface area contributed by atoms with Crippen molar-refractivity contribution >= 4 is 5.97 Å². The molecular weight excluding hydrogens is 154 g/mol. The standard InChI is InChI=1S/C9H17NO2/c1-8(9(11)12)6-5-7-10(2,3)4/h6H,5,7H2,1-4H3. The number of hydrogen-bond acceptors (Lipinski definition) is 2. The van der Waals surface area contributed by atoms with Gasteiger partial charge in [-0.05, 0) is 12.5 Å². The highest BCUT2D eigenvalue weighted by atomic mass is 16.4. The van der Waals surface area contributed by atoms with Crippen molar-refractivity contribution in [2.75, 3.05) is 27.7 Å². The quantitative estimate of drug-likeness (QED) is 0.433. The van der Waals surface area contributed by atoms with Crippen LogP contribution in [0.1, 0.15) is 13.3 Å². The zero-order chi connectivity index (χ0) is 9.78. The highest BCUT2D eigenvalue weighted by molar-refractivity contribution is 5.83. The number of carbonyl (C=O) groups excluding carboxylic acids is 1. The molecule has 0 saturated carbocycles. The second-order valence-electron chi connectivity index (χ2n) is 3.98. The molecule has 3 nitrogen and oxygen atoms in total.